The largest absolute Gasteiger partial charge is 0.447 e. The van der Waals surface area contributed by atoms with Gasteiger partial charge in [-0.2, -0.15) is 4.57 Å². The minimum Gasteiger partial charge on any atom is -0.447 e. The second-order valence-corrected chi connectivity index (χ2v) is 4.62. The number of hydrogen-bond acceptors (Lipinski definition) is 2. The monoisotopic (exact) mass is 252 g/mol. The second-order valence-electron chi connectivity index (χ2n) is 4.62. The average Bonchev–Trinajstić information content (AvgIpc) is 2.81. The first-order valence-electron chi connectivity index (χ1n) is 6.14. The Morgan fingerprint density at radius 2 is 1.95 bits per heavy atom. The number of carbonyl (C=O) groups is 1. The number of rotatable bonds is 2. The number of benzene rings is 1. The molecule has 2 heterocycles. The molecule has 0 radical (unpaired) electrons. The van der Waals surface area contributed by atoms with Gasteiger partial charge in [-0.15, -0.1) is 0 Å². The summed E-state index contributed by atoms with van der Waals surface area (Å²) in [7, 11) is 2.00. The van der Waals surface area contributed by atoms with Crippen molar-refractivity contribution in [3.8, 4) is 11.5 Å². The first kappa shape index (κ1) is 11.7. The molecule has 0 fully saturated rings. The number of furan rings is 1. The Kier molecular flexibility index (Phi) is 2.67. The normalized spacial score (nSPS) is 10.8. The van der Waals surface area contributed by atoms with Gasteiger partial charge in [-0.3, -0.25) is 4.79 Å². The Morgan fingerprint density at radius 1 is 1.16 bits per heavy atom. The van der Waals surface area contributed by atoms with Crippen LogP contribution in [0.25, 0.3) is 22.4 Å². The fraction of sp³-hybridized carbons (Fsp3) is 0.125. The van der Waals surface area contributed by atoms with Crippen LogP contribution in [0.5, 0.6) is 0 Å². The summed E-state index contributed by atoms with van der Waals surface area (Å²) in [5, 5.41) is 1.17. The Morgan fingerprint density at radius 3 is 2.68 bits per heavy atom. The molecule has 3 aromatic rings. The van der Waals surface area contributed by atoms with E-state index in [9.17, 15) is 4.79 Å². The SMILES string of the molecule is Cc1cc(C=O)oc1-c1ccc2ccccc2[n+]1C. The highest BCUT2D eigenvalue weighted by atomic mass is 16.3. The van der Waals surface area contributed by atoms with Crippen molar-refractivity contribution in [2.45, 2.75) is 6.92 Å². The van der Waals surface area contributed by atoms with Crippen LogP contribution < -0.4 is 4.57 Å². The number of hydrogen-bond donors (Lipinski definition) is 0. The Balaban J connectivity index is 2.27. The third-order valence-corrected chi connectivity index (χ3v) is 3.37. The van der Waals surface area contributed by atoms with Gasteiger partial charge in [-0.25, -0.2) is 0 Å². The zero-order valence-electron chi connectivity index (χ0n) is 10.9. The van der Waals surface area contributed by atoms with E-state index in [2.05, 4.69) is 22.8 Å². The number of aromatic nitrogens is 1. The summed E-state index contributed by atoms with van der Waals surface area (Å²) in [5.74, 6) is 1.11. The van der Waals surface area contributed by atoms with Gasteiger partial charge in [0.1, 0.15) is 7.05 Å². The fourth-order valence-corrected chi connectivity index (χ4v) is 2.39. The number of aldehydes is 1. The molecular weight excluding hydrogens is 238 g/mol. The lowest BCUT2D eigenvalue weighted by Crippen LogP contribution is -2.31. The van der Waals surface area contributed by atoms with Gasteiger partial charge in [0.25, 0.3) is 0 Å². The van der Waals surface area contributed by atoms with Gasteiger partial charge >= 0.3 is 0 Å². The summed E-state index contributed by atoms with van der Waals surface area (Å²) >= 11 is 0. The lowest BCUT2D eigenvalue weighted by Gasteiger charge is -2.01. The van der Waals surface area contributed by atoms with Gasteiger partial charge in [0.05, 0.1) is 0 Å². The summed E-state index contributed by atoms with van der Waals surface area (Å²) in [5.41, 5.74) is 3.06. The van der Waals surface area contributed by atoms with E-state index < -0.39 is 0 Å². The third-order valence-electron chi connectivity index (χ3n) is 3.37. The molecule has 0 atom stereocenters. The predicted molar refractivity (Wildman–Crippen MR) is 73.0 cm³/mol. The summed E-state index contributed by atoms with van der Waals surface area (Å²) in [6.07, 6.45) is 0.734. The first-order chi connectivity index (χ1) is 9.20. The van der Waals surface area contributed by atoms with Gasteiger partial charge < -0.3 is 4.42 Å². The fourth-order valence-electron chi connectivity index (χ4n) is 2.39. The topological polar surface area (TPSA) is 34.1 Å². The van der Waals surface area contributed by atoms with Gasteiger partial charge in [0.2, 0.25) is 17.0 Å². The summed E-state index contributed by atoms with van der Waals surface area (Å²) in [6, 6.07) is 14.0. The van der Waals surface area contributed by atoms with E-state index >= 15 is 0 Å². The van der Waals surface area contributed by atoms with Gasteiger partial charge in [-0.05, 0) is 25.1 Å². The maximum atomic E-state index is 10.8. The molecule has 3 rings (SSSR count). The minimum absolute atomic E-state index is 0.362. The van der Waals surface area contributed by atoms with Crippen LogP contribution in [0.4, 0.5) is 0 Å². The molecule has 0 N–H and O–H groups in total. The van der Waals surface area contributed by atoms with Crippen LogP contribution in [0.3, 0.4) is 0 Å². The van der Waals surface area contributed by atoms with E-state index in [-0.39, 0.29) is 0 Å². The zero-order chi connectivity index (χ0) is 13.4. The van der Waals surface area contributed by atoms with Crippen molar-refractivity contribution in [3.05, 3.63) is 53.8 Å². The van der Waals surface area contributed by atoms with E-state index in [1.807, 2.05) is 32.2 Å². The molecule has 2 aromatic heterocycles. The van der Waals surface area contributed by atoms with E-state index in [0.29, 0.717) is 5.76 Å². The van der Waals surface area contributed by atoms with Crippen LogP contribution >= 0.6 is 0 Å². The summed E-state index contributed by atoms with van der Waals surface area (Å²) < 4.78 is 7.67. The number of nitrogens with zero attached hydrogens (tertiary/aromatic N) is 1. The Labute approximate surface area is 111 Å². The second kappa shape index (κ2) is 4.35. The molecule has 3 nitrogen and oxygen atoms in total. The number of fused-ring (bicyclic) bond motifs is 1. The number of carbonyl (C=O) groups excluding carboxylic acids is 1. The van der Waals surface area contributed by atoms with Crippen LogP contribution in [0.15, 0.2) is 46.9 Å². The van der Waals surface area contributed by atoms with Crippen molar-refractivity contribution in [3.63, 3.8) is 0 Å². The van der Waals surface area contributed by atoms with Crippen molar-refractivity contribution in [1.29, 1.82) is 0 Å². The molecule has 0 spiro atoms. The van der Waals surface area contributed by atoms with Crippen molar-refractivity contribution in [2.75, 3.05) is 0 Å². The van der Waals surface area contributed by atoms with Crippen molar-refractivity contribution >= 4 is 17.2 Å². The predicted octanol–water partition coefficient (Wildman–Crippen LogP) is 3.05. The van der Waals surface area contributed by atoms with E-state index in [1.54, 1.807) is 6.07 Å². The maximum absolute atomic E-state index is 10.8. The number of aryl methyl sites for hydroxylation is 2. The minimum atomic E-state index is 0.362. The standard InChI is InChI=1S/C16H14NO2/c1-11-9-13(10-18)19-16(11)15-8-7-12-5-3-4-6-14(12)17(15)2/h3-10H,1-2H3/q+1. The Hall–Kier alpha value is -2.42. The van der Waals surface area contributed by atoms with Crippen molar-refractivity contribution in [1.82, 2.24) is 0 Å². The van der Waals surface area contributed by atoms with Crippen molar-refractivity contribution < 1.29 is 13.8 Å². The maximum Gasteiger partial charge on any atom is 0.248 e. The Bertz CT molecular complexity index is 772. The molecule has 0 saturated carbocycles. The van der Waals surface area contributed by atoms with Crippen LogP contribution in [0, 0.1) is 6.92 Å². The van der Waals surface area contributed by atoms with E-state index in [4.69, 9.17) is 4.42 Å². The van der Waals surface area contributed by atoms with E-state index in [1.165, 1.54) is 5.39 Å². The van der Waals surface area contributed by atoms with Crippen LogP contribution in [-0.2, 0) is 7.05 Å². The van der Waals surface area contributed by atoms with Gasteiger partial charge in [0, 0.05) is 23.1 Å². The van der Waals surface area contributed by atoms with Gasteiger partial charge in [0.15, 0.2) is 12.0 Å². The molecule has 0 unspecified atom stereocenters. The average molecular weight is 252 g/mol. The molecule has 0 bridgehead atoms. The van der Waals surface area contributed by atoms with Gasteiger partial charge in [-0.1, -0.05) is 12.1 Å². The van der Waals surface area contributed by atoms with Crippen LogP contribution in [-0.4, -0.2) is 6.29 Å². The van der Waals surface area contributed by atoms with E-state index in [0.717, 1.165) is 28.8 Å². The molecular formula is C16H14NO2+. The summed E-state index contributed by atoms with van der Waals surface area (Å²) in [6.45, 7) is 1.95. The molecule has 1 aromatic carbocycles. The molecule has 3 heteroatoms. The molecule has 0 amide bonds. The number of para-hydroxylation sites is 1. The lowest BCUT2D eigenvalue weighted by atomic mass is 10.1. The number of pyridine rings is 1. The molecule has 19 heavy (non-hydrogen) atoms. The molecule has 0 saturated heterocycles. The quantitative estimate of drug-likeness (QED) is 0.519. The molecule has 94 valence electrons. The highest BCUT2D eigenvalue weighted by Crippen LogP contribution is 2.25. The summed E-state index contributed by atoms with van der Waals surface area (Å²) in [4.78, 5) is 10.8. The molecule has 0 aliphatic carbocycles. The highest BCUT2D eigenvalue weighted by molar-refractivity contribution is 5.78. The highest BCUT2D eigenvalue weighted by Gasteiger charge is 2.19. The molecule has 0 aliphatic heterocycles. The smallest absolute Gasteiger partial charge is 0.248 e. The van der Waals surface area contributed by atoms with Crippen LogP contribution in [0.2, 0.25) is 0 Å². The first-order valence-corrected chi connectivity index (χ1v) is 6.14. The van der Waals surface area contributed by atoms with Crippen molar-refractivity contribution in [2.24, 2.45) is 7.05 Å². The third kappa shape index (κ3) is 1.83. The molecule has 0 aliphatic rings. The van der Waals surface area contributed by atoms with Crippen LogP contribution in [0.1, 0.15) is 16.1 Å². The zero-order valence-corrected chi connectivity index (χ0v) is 10.9. The lowest BCUT2D eigenvalue weighted by molar-refractivity contribution is -0.634.